The average molecular weight is 384 g/mol. The summed E-state index contributed by atoms with van der Waals surface area (Å²) in [6.07, 6.45) is -0.395. The van der Waals surface area contributed by atoms with Crippen LogP contribution in [0.2, 0.25) is 0 Å². The summed E-state index contributed by atoms with van der Waals surface area (Å²) in [5.41, 5.74) is -0.708. The van der Waals surface area contributed by atoms with E-state index in [2.05, 4.69) is 9.47 Å². The summed E-state index contributed by atoms with van der Waals surface area (Å²) in [6.45, 7) is 0. The number of benzene rings is 2. The van der Waals surface area contributed by atoms with E-state index in [1.165, 1.54) is 25.3 Å². The number of phenols is 1. The quantitative estimate of drug-likeness (QED) is 0.676. The first-order valence-electron chi connectivity index (χ1n) is 8.16. The molecule has 8 nitrogen and oxygen atoms in total. The Morgan fingerprint density at radius 1 is 0.964 bits per heavy atom. The summed E-state index contributed by atoms with van der Waals surface area (Å²) < 4.78 is 14.4. The van der Waals surface area contributed by atoms with E-state index >= 15 is 0 Å². The van der Waals surface area contributed by atoms with Gasteiger partial charge in [0.05, 0.1) is 38.9 Å². The van der Waals surface area contributed by atoms with Crippen LogP contribution in [0.1, 0.15) is 47.8 Å². The summed E-state index contributed by atoms with van der Waals surface area (Å²) in [7, 11) is 3.60. The highest BCUT2D eigenvalue weighted by molar-refractivity contribution is 6.31. The number of fused-ring (bicyclic) bond motifs is 2. The topological polar surface area (TPSA) is 116 Å². The van der Waals surface area contributed by atoms with Gasteiger partial charge in [0.1, 0.15) is 17.1 Å². The van der Waals surface area contributed by atoms with Crippen molar-refractivity contribution in [3.8, 4) is 11.5 Å². The summed E-state index contributed by atoms with van der Waals surface area (Å²) in [5, 5.41) is 10.7. The fourth-order valence-corrected chi connectivity index (χ4v) is 3.22. The van der Waals surface area contributed by atoms with E-state index in [4.69, 9.17) is 4.74 Å². The predicted molar refractivity (Wildman–Crippen MR) is 95.0 cm³/mol. The first-order valence-corrected chi connectivity index (χ1v) is 8.16. The zero-order valence-electron chi connectivity index (χ0n) is 15.3. The van der Waals surface area contributed by atoms with Crippen molar-refractivity contribution in [2.75, 3.05) is 21.3 Å². The van der Waals surface area contributed by atoms with E-state index in [-0.39, 0.29) is 39.1 Å². The highest BCUT2D eigenvalue weighted by Crippen LogP contribution is 2.40. The molecule has 2 aromatic carbocycles. The third kappa shape index (κ3) is 2.79. The van der Waals surface area contributed by atoms with Crippen LogP contribution in [0.5, 0.6) is 11.5 Å². The lowest BCUT2D eigenvalue weighted by Crippen LogP contribution is -2.24. The SMILES string of the molecule is COC(=O)Cc1cc2c(c(O)c1C(=O)OC)C(=O)c1c(OC)cccc1C2=O. The minimum Gasteiger partial charge on any atom is -0.506 e. The number of hydrogen-bond acceptors (Lipinski definition) is 8. The fraction of sp³-hybridized carbons (Fsp3) is 0.200. The molecular formula is C20H16O8. The van der Waals surface area contributed by atoms with Crippen LogP contribution in [0.25, 0.3) is 0 Å². The van der Waals surface area contributed by atoms with Gasteiger partial charge in [0.2, 0.25) is 5.78 Å². The maximum absolute atomic E-state index is 13.1. The highest BCUT2D eigenvalue weighted by Gasteiger charge is 2.37. The van der Waals surface area contributed by atoms with Crippen molar-refractivity contribution in [1.29, 1.82) is 0 Å². The van der Waals surface area contributed by atoms with E-state index in [1.807, 2.05) is 0 Å². The Labute approximate surface area is 159 Å². The smallest absolute Gasteiger partial charge is 0.341 e. The summed E-state index contributed by atoms with van der Waals surface area (Å²) in [6, 6.07) is 5.78. The Hall–Kier alpha value is -3.68. The van der Waals surface area contributed by atoms with E-state index in [9.17, 15) is 24.3 Å². The molecule has 1 N–H and O–H groups in total. The van der Waals surface area contributed by atoms with Crippen LogP contribution >= 0.6 is 0 Å². The highest BCUT2D eigenvalue weighted by atomic mass is 16.5. The number of hydrogen-bond donors (Lipinski definition) is 1. The molecule has 28 heavy (non-hydrogen) atoms. The molecule has 0 bridgehead atoms. The molecule has 3 rings (SSSR count). The summed E-state index contributed by atoms with van der Waals surface area (Å²) in [4.78, 5) is 50.0. The van der Waals surface area contributed by atoms with Gasteiger partial charge in [-0.3, -0.25) is 14.4 Å². The van der Waals surface area contributed by atoms with Gasteiger partial charge in [-0.15, -0.1) is 0 Å². The molecule has 144 valence electrons. The second kappa shape index (κ2) is 7.15. The maximum Gasteiger partial charge on any atom is 0.341 e. The Kier molecular flexibility index (Phi) is 4.87. The largest absolute Gasteiger partial charge is 0.506 e. The summed E-state index contributed by atoms with van der Waals surface area (Å²) >= 11 is 0. The van der Waals surface area contributed by atoms with Crippen LogP contribution in [0, 0.1) is 0 Å². The van der Waals surface area contributed by atoms with Crippen molar-refractivity contribution in [3.63, 3.8) is 0 Å². The van der Waals surface area contributed by atoms with Gasteiger partial charge in [-0.2, -0.15) is 0 Å². The zero-order valence-corrected chi connectivity index (χ0v) is 15.3. The van der Waals surface area contributed by atoms with Gasteiger partial charge in [0, 0.05) is 11.1 Å². The Morgan fingerprint density at radius 2 is 1.68 bits per heavy atom. The second-order valence-corrected chi connectivity index (χ2v) is 5.97. The molecule has 0 aromatic heterocycles. The van der Waals surface area contributed by atoms with Gasteiger partial charge in [-0.1, -0.05) is 12.1 Å². The number of carbonyl (C=O) groups is 4. The van der Waals surface area contributed by atoms with Crippen LogP contribution in [0.4, 0.5) is 0 Å². The van der Waals surface area contributed by atoms with Crippen LogP contribution in [-0.2, 0) is 20.7 Å². The molecule has 0 fully saturated rings. The lowest BCUT2D eigenvalue weighted by Gasteiger charge is -2.22. The van der Waals surface area contributed by atoms with E-state index < -0.39 is 35.7 Å². The van der Waals surface area contributed by atoms with Gasteiger partial charge < -0.3 is 19.3 Å². The number of aromatic hydroxyl groups is 1. The molecule has 0 spiro atoms. The molecule has 0 saturated heterocycles. The summed E-state index contributed by atoms with van der Waals surface area (Å²) in [5.74, 6) is -3.42. The number of phenolic OH excluding ortho intramolecular Hbond substituents is 1. The number of methoxy groups -OCH3 is 3. The molecule has 0 saturated carbocycles. The average Bonchev–Trinajstić information content (AvgIpc) is 2.70. The van der Waals surface area contributed by atoms with E-state index in [0.717, 1.165) is 14.2 Å². The Morgan fingerprint density at radius 3 is 2.29 bits per heavy atom. The number of rotatable bonds is 4. The minimum atomic E-state index is -0.953. The molecule has 0 unspecified atom stereocenters. The van der Waals surface area contributed by atoms with Crippen molar-refractivity contribution in [2.45, 2.75) is 6.42 Å². The second-order valence-electron chi connectivity index (χ2n) is 5.97. The molecule has 0 atom stereocenters. The van der Waals surface area contributed by atoms with Crippen LogP contribution < -0.4 is 4.74 Å². The monoisotopic (exact) mass is 384 g/mol. The van der Waals surface area contributed by atoms with Crippen molar-refractivity contribution in [1.82, 2.24) is 0 Å². The van der Waals surface area contributed by atoms with Gasteiger partial charge in [-0.05, 0) is 17.7 Å². The number of carbonyl (C=O) groups excluding carboxylic acids is 4. The standard InChI is InChI=1S/C20H16O8/c1-26-12-6-4-5-10-15(12)19(24)16-11(17(10)22)7-9(8-13(21)27-2)14(18(16)23)20(25)28-3/h4-7,23H,8H2,1-3H3. The van der Waals surface area contributed by atoms with Gasteiger partial charge in [0.25, 0.3) is 0 Å². The third-order valence-electron chi connectivity index (χ3n) is 4.52. The molecule has 0 amide bonds. The van der Waals surface area contributed by atoms with Crippen molar-refractivity contribution >= 4 is 23.5 Å². The van der Waals surface area contributed by atoms with Crippen LogP contribution in [-0.4, -0.2) is 49.9 Å². The van der Waals surface area contributed by atoms with Crippen molar-refractivity contribution in [3.05, 3.63) is 57.6 Å². The van der Waals surface area contributed by atoms with Gasteiger partial charge >= 0.3 is 11.9 Å². The molecule has 0 aliphatic heterocycles. The number of ether oxygens (including phenoxy) is 3. The molecule has 8 heteroatoms. The number of esters is 2. The van der Waals surface area contributed by atoms with Crippen molar-refractivity contribution < 1.29 is 38.5 Å². The Balaban J connectivity index is 2.33. The normalized spacial score (nSPS) is 12.1. The first kappa shape index (κ1) is 19.1. The third-order valence-corrected chi connectivity index (χ3v) is 4.52. The van der Waals surface area contributed by atoms with Gasteiger partial charge in [0.15, 0.2) is 5.78 Å². The molecule has 2 aromatic rings. The maximum atomic E-state index is 13.1. The number of ketones is 2. The predicted octanol–water partition coefficient (Wildman–Crippen LogP) is 1.68. The molecule has 0 heterocycles. The van der Waals surface area contributed by atoms with E-state index in [0.29, 0.717) is 0 Å². The van der Waals surface area contributed by atoms with Crippen molar-refractivity contribution in [2.24, 2.45) is 0 Å². The van der Waals surface area contributed by atoms with Crippen LogP contribution in [0.3, 0.4) is 0 Å². The Bertz CT molecular complexity index is 1030. The molecular weight excluding hydrogens is 368 g/mol. The molecule has 1 aliphatic carbocycles. The van der Waals surface area contributed by atoms with Crippen LogP contribution in [0.15, 0.2) is 24.3 Å². The molecule has 1 aliphatic rings. The van der Waals surface area contributed by atoms with E-state index in [1.54, 1.807) is 6.07 Å². The first-order chi connectivity index (χ1) is 13.3. The lowest BCUT2D eigenvalue weighted by molar-refractivity contribution is -0.139. The molecule has 0 radical (unpaired) electrons. The fourth-order valence-electron chi connectivity index (χ4n) is 3.22. The minimum absolute atomic E-state index is 0.00525. The van der Waals surface area contributed by atoms with Gasteiger partial charge in [-0.25, -0.2) is 4.79 Å². The zero-order chi connectivity index (χ0) is 20.6. The lowest BCUT2D eigenvalue weighted by atomic mass is 9.80.